The van der Waals surface area contributed by atoms with Crippen LogP contribution >= 0.6 is 12.4 Å². The molecular formula is C24H25ClN4O6. The predicted molar refractivity (Wildman–Crippen MR) is 132 cm³/mol. The molecule has 0 atom stereocenters. The third kappa shape index (κ3) is 8.35. The van der Waals surface area contributed by atoms with E-state index in [1.165, 1.54) is 18.3 Å². The predicted octanol–water partition coefficient (Wildman–Crippen LogP) is 3.03. The topological polar surface area (TPSA) is 148 Å². The van der Waals surface area contributed by atoms with Gasteiger partial charge in [0, 0.05) is 35.7 Å². The van der Waals surface area contributed by atoms with Gasteiger partial charge in [0.05, 0.1) is 12.8 Å². The number of carbonyl (C=O) groups excluding carboxylic acids is 3. The van der Waals surface area contributed by atoms with Crippen molar-refractivity contribution in [3.63, 3.8) is 0 Å². The van der Waals surface area contributed by atoms with E-state index in [-0.39, 0.29) is 24.2 Å². The number of carbonyl (C=O) groups is 4. The summed E-state index contributed by atoms with van der Waals surface area (Å²) in [5.41, 5.74) is 2.58. The zero-order valence-electron chi connectivity index (χ0n) is 19.3. The van der Waals surface area contributed by atoms with Gasteiger partial charge >= 0.3 is 11.9 Å². The number of rotatable bonds is 4. The first kappa shape index (κ1) is 27.2. The number of carboxylic acid groups (broad SMARTS) is 1. The summed E-state index contributed by atoms with van der Waals surface area (Å²) >= 11 is 0. The summed E-state index contributed by atoms with van der Waals surface area (Å²) in [4.78, 5) is 52.1. The van der Waals surface area contributed by atoms with Crippen molar-refractivity contribution in [1.82, 2.24) is 9.97 Å². The molecule has 0 aliphatic carbocycles. The first-order valence-electron chi connectivity index (χ1n) is 10.4. The Labute approximate surface area is 207 Å². The number of ether oxygens (including phenoxy) is 1. The molecule has 0 spiro atoms. The number of hydrogen-bond acceptors (Lipinski definition) is 7. The molecule has 11 heteroatoms. The highest BCUT2D eigenvalue weighted by molar-refractivity contribution is 5.98. The number of halogens is 1. The number of nitrogens with one attached hydrogen (secondary N) is 2. The van der Waals surface area contributed by atoms with Crippen LogP contribution in [0.15, 0.2) is 36.7 Å². The Bertz CT molecular complexity index is 1220. The van der Waals surface area contributed by atoms with E-state index in [9.17, 15) is 19.2 Å². The summed E-state index contributed by atoms with van der Waals surface area (Å²) in [6.45, 7) is 5.44. The van der Waals surface area contributed by atoms with Gasteiger partial charge in [0.25, 0.3) is 0 Å². The van der Waals surface area contributed by atoms with E-state index in [1.54, 1.807) is 18.3 Å². The largest absolute Gasteiger partial charge is 0.478 e. The van der Waals surface area contributed by atoms with Gasteiger partial charge in [-0.25, -0.2) is 19.6 Å². The molecule has 184 valence electrons. The van der Waals surface area contributed by atoms with E-state index in [1.807, 2.05) is 26.8 Å². The summed E-state index contributed by atoms with van der Waals surface area (Å²) in [6.07, 6.45) is 9.22. The zero-order chi connectivity index (χ0) is 24.9. The fraction of sp³-hybridized carbons (Fsp3) is 0.250. The molecular weight excluding hydrogens is 476 g/mol. The minimum atomic E-state index is -1.01. The summed E-state index contributed by atoms with van der Waals surface area (Å²) in [5.74, 6) is -0.397. The summed E-state index contributed by atoms with van der Waals surface area (Å²) in [6, 6.07) is 3.58. The summed E-state index contributed by atoms with van der Waals surface area (Å²) in [5, 5.41) is 13.7. The number of nitrogens with zero attached hydrogens (tertiary/aromatic N) is 2. The molecule has 0 fully saturated rings. The number of aliphatic carboxylic acids is 1. The van der Waals surface area contributed by atoms with Crippen LogP contribution < -0.4 is 10.6 Å². The van der Waals surface area contributed by atoms with Gasteiger partial charge in [-0.2, -0.15) is 0 Å². The lowest BCUT2D eigenvalue weighted by Crippen LogP contribution is -2.22. The molecule has 4 rings (SSSR count). The van der Waals surface area contributed by atoms with Gasteiger partial charge in [-0.05, 0) is 56.2 Å². The highest BCUT2D eigenvalue weighted by Crippen LogP contribution is 2.22. The van der Waals surface area contributed by atoms with Gasteiger partial charge in [-0.15, -0.1) is 12.4 Å². The van der Waals surface area contributed by atoms with Crippen molar-refractivity contribution in [3.05, 3.63) is 58.9 Å². The van der Waals surface area contributed by atoms with Crippen molar-refractivity contribution in [2.75, 3.05) is 10.6 Å². The van der Waals surface area contributed by atoms with Crippen LogP contribution in [0.2, 0.25) is 0 Å². The van der Waals surface area contributed by atoms with Crippen LogP contribution in [0.25, 0.3) is 12.2 Å². The molecule has 10 nitrogen and oxygen atoms in total. The molecule has 2 aromatic heterocycles. The van der Waals surface area contributed by atoms with Gasteiger partial charge in [0.1, 0.15) is 17.2 Å². The highest BCUT2D eigenvalue weighted by atomic mass is 35.5. The third-order valence-corrected chi connectivity index (χ3v) is 4.43. The van der Waals surface area contributed by atoms with Crippen LogP contribution in [0, 0.1) is 0 Å². The lowest BCUT2D eigenvalue weighted by Gasteiger charge is -2.17. The molecule has 0 bridgehead atoms. The Morgan fingerprint density at radius 1 is 0.914 bits per heavy atom. The van der Waals surface area contributed by atoms with E-state index in [0.717, 1.165) is 22.8 Å². The minimum Gasteiger partial charge on any atom is -0.478 e. The fourth-order valence-corrected chi connectivity index (χ4v) is 3.10. The standard InChI is InChI=1S/C14H16N2O3.C10H8N2O3.ClH/c1-14(2,3)19-12(18)5-4-9-6-10-7-11(17)16-13(10)15-8-9;13-8-4-7-3-6(1-2-9(14)15)5-11-10(7)12-8;/h4-6,8H,7H2,1-3H3,(H,15,16,17);1-3,5H,4H2,(H,14,15)(H,11,12,13);1H/b5-4+;2-1+;. The molecule has 35 heavy (non-hydrogen) atoms. The van der Waals surface area contributed by atoms with Crippen molar-refractivity contribution >= 4 is 59.9 Å². The first-order valence-corrected chi connectivity index (χ1v) is 10.4. The number of esters is 1. The first-order chi connectivity index (χ1) is 16.0. The lowest BCUT2D eigenvalue weighted by atomic mass is 10.1. The van der Waals surface area contributed by atoms with Crippen LogP contribution in [0.5, 0.6) is 0 Å². The molecule has 0 unspecified atom stereocenters. The van der Waals surface area contributed by atoms with Gasteiger partial charge in [0.2, 0.25) is 11.8 Å². The van der Waals surface area contributed by atoms with Crippen molar-refractivity contribution < 1.29 is 29.0 Å². The zero-order valence-corrected chi connectivity index (χ0v) is 20.1. The van der Waals surface area contributed by atoms with E-state index in [4.69, 9.17) is 9.84 Å². The molecule has 0 saturated carbocycles. The highest BCUT2D eigenvalue weighted by Gasteiger charge is 2.19. The number of fused-ring (bicyclic) bond motifs is 2. The van der Waals surface area contributed by atoms with E-state index in [0.29, 0.717) is 30.0 Å². The summed E-state index contributed by atoms with van der Waals surface area (Å²) in [7, 11) is 0. The molecule has 4 heterocycles. The average Bonchev–Trinajstić information content (AvgIpc) is 3.29. The number of carboxylic acids is 1. The number of anilines is 2. The molecule has 2 aromatic rings. The Morgan fingerprint density at radius 2 is 1.37 bits per heavy atom. The quantitative estimate of drug-likeness (QED) is 0.428. The van der Waals surface area contributed by atoms with Crippen molar-refractivity contribution in [2.45, 2.75) is 39.2 Å². The molecule has 0 radical (unpaired) electrons. The maximum Gasteiger partial charge on any atom is 0.331 e. The second kappa shape index (κ2) is 11.4. The molecule has 0 aromatic carbocycles. The number of aromatic nitrogens is 2. The Hall–Kier alpha value is -4.05. The second-order valence-corrected chi connectivity index (χ2v) is 8.54. The van der Waals surface area contributed by atoms with Crippen molar-refractivity contribution in [3.8, 4) is 0 Å². The van der Waals surface area contributed by atoms with Crippen LogP contribution in [0.3, 0.4) is 0 Å². The maximum absolute atomic E-state index is 11.5. The van der Waals surface area contributed by atoms with Crippen molar-refractivity contribution in [1.29, 1.82) is 0 Å². The van der Waals surface area contributed by atoms with Crippen LogP contribution in [0.4, 0.5) is 11.6 Å². The second-order valence-electron chi connectivity index (χ2n) is 8.54. The van der Waals surface area contributed by atoms with E-state index in [2.05, 4.69) is 20.6 Å². The fourth-order valence-electron chi connectivity index (χ4n) is 3.10. The number of amides is 2. The van der Waals surface area contributed by atoms with Gasteiger partial charge in [-0.1, -0.05) is 0 Å². The van der Waals surface area contributed by atoms with Crippen LogP contribution in [-0.4, -0.2) is 44.4 Å². The van der Waals surface area contributed by atoms with Crippen LogP contribution in [0.1, 0.15) is 43.0 Å². The van der Waals surface area contributed by atoms with Gasteiger partial charge < -0.3 is 20.5 Å². The Kier molecular flexibility index (Phi) is 8.85. The average molecular weight is 501 g/mol. The normalized spacial score (nSPS) is 13.8. The van der Waals surface area contributed by atoms with Gasteiger partial charge in [-0.3, -0.25) is 9.59 Å². The number of hydrogen-bond donors (Lipinski definition) is 3. The Morgan fingerprint density at radius 3 is 1.80 bits per heavy atom. The SMILES string of the molecule is CC(C)(C)OC(=O)/C=C/c1cnc2c(c1)CC(=O)N2.Cl.O=C(O)/C=C/c1cnc2c(c1)CC(=O)N2. The van der Waals surface area contributed by atoms with Gasteiger partial charge in [0.15, 0.2) is 0 Å². The van der Waals surface area contributed by atoms with E-state index < -0.39 is 17.5 Å². The maximum atomic E-state index is 11.5. The summed E-state index contributed by atoms with van der Waals surface area (Å²) < 4.78 is 5.16. The Balaban J connectivity index is 0.000000246. The molecule has 0 saturated heterocycles. The molecule has 2 amide bonds. The number of pyridine rings is 2. The third-order valence-electron chi connectivity index (χ3n) is 4.43. The van der Waals surface area contributed by atoms with Crippen LogP contribution in [-0.2, 0) is 36.8 Å². The smallest absolute Gasteiger partial charge is 0.331 e. The van der Waals surface area contributed by atoms with E-state index >= 15 is 0 Å². The lowest BCUT2D eigenvalue weighted by molar-refractivity contribution is -0.148. The monoisotopic (exact) mass is 500 g/mol. The van der Waals surface area contributed by atoms with Crippen molar-refractivity contribution in [2.24, 2.45) is 0 Å². The molecule has 3 N–H and O–H groups in total. The minimum absolute atomic E-state index is 0. The molecule has 2 aliphatic rings. The molecule has 2 aliphatic heterocycles.